The maximum atomic E-state index is 13.6. The second kappa shape index (κ2) is 9.99. The van der Waals surface area contributed by atoms with E-state index in [1.807, 2.05) is 13.8 Å². The highest BCUT2D eigenvalue weighted by atomic mass is 32.1. The third-order valence-corrected chi connectivity index (χ3v) is 7.27. The number of halogens is 1. The second-order valence-electron chi connectivity index (χ2n) is 9.24. The van der Waals surface area contributed by atoms with Crippen molar-refractivity contribution < 1.29 is 23.8 Å². The number of carbonyl (C=O) groups excluding carboxylic acids is 2. The van der Waals surface area contributed by atoms with Gasteiger partial charge in [-0.1, -0.05) is 6.07 Å². The molecule has 11 nitrogen and oxygen atoms in total. The number of primary amides is 1. The minimum atomic E-state index is -0.752. The first kappa shape index (κ1) is 25.5. The molecule has 2 amide bonds. The lowest BCUT2D eigenvalue weighted by molar-refractivity contribution is -0.143. The van der Waals surface area contributed by atoms with Crippen LogP contribution in [0.25, 0.3) is 16.5 Å². The zero-order chi connectivity index (χ0) is 27.1. The average Bonchev–Trinajstić information content (AvgIpc) is 3.49. The summed E-state index contributed by atoms with van der Waals surface area (Å²) < 4.78 is 22.0. The number of thiazole rings is 1. The number of fused-ring (bicyclic) bond motifs is 1. The predicted molar refractivity (Wildman–Crippen MR) is 137 cm³/mol. The SMILES string of the molecule is C[C@@H]1CN(C(=O)Cn2ccn3c(=O)c(O)c(-c4ncc(Cc5ccc(F)cc5C(N)=O)s4)nc23)C[C@H](C)O1. The maximum absolute atomic E-state index is 13.6. The molecular weight excluding hydrogens is 515 g/mol. The van der Waals surface area contributed by atoms with Crippen LogP contribution in [0, 0.1) is 5.82 Å². The highest BCUT2D eigenvalue weighted by Gasteiger charge is 2.27. The molecule has 4 heterocycles. The molecule has 5 rings (SSSR count). The number of rotatable bonds is 6. The summed E-state index contributed by atoms with van der Waals surface area (Å²) in [7, 11) is 0. The smallest absolute Gasteiger partial charge is 0.302 e. The third-order valence-electron chi connectivity index (χ3n) is 6.26. The predicted octanol–water partition coefficient (Wildman–Crippen LogP) is 1.79. The Morgan fingerprint density at radius 1 is 1.24 bits per heavy atom. The summed E-state index contributed by atoms with van der Waals surface area (Å²) in [6.07, 6.45) is 4.60. The Hall–Kier alpha value is -4.10. The van der Waals surface area contributed by atoms with Gasteiger partial charge in [-0.15, -0.1) is 11.3 Å². The number of amides is 2. The number of ether oxygens (including phenoxy) is 1. The summed E-state index contributed by atoms with van der Waals surface area (Å²) in [5, 5.41) is 10.9. The van der Waals surface area contributed by atoms with E-state index >= 15 is 0 Å². The number of nitrogens with two attached hydrogens (primary N) is 1. The number of hydrogen-bond donors (Lipinski definition) is 2. The lowest BCUT2D eigenvalue weighted by atomic mass is 10.0. The van der Waals surface area contributed by atoms with Crippen molar-refractivity contribution in [3.63, 3.8) is 0 Å². The van der Waals surface area contributed by atoms with E-state index in [2.05, 4.69) is 9.97 Å². The van der Waals surface area contributed by atoms with Crippen molar-refractivity contribution >= 4 is 28.9 Å². The Morgan fingerprint density at radius 2 is 1.97 bits per heavy atom. The first-order valence-corrected chi connectivity index (χ1v) is 12.7. The van der Waals surface area contributed by atoms with E-state index in [0.717, 1.165) is 17.4 Å². The lowest BCUT2D eigenvalue weighted by Gasteiger charge is -2.35. The second-order valence-corrected chi connectivity index (χ2v) is 10.4. The van der Waals surface area contributed by atoms with Gasteiger partial charge >= 0.3 is 5.56 Å². The molecule has 3 aromatic heterocycles. The highest BCUT2D eigenvalue weighted by molar-refractivity contribution is 7.15. The molecule has 38 heavy (non-hydrogen) atoms. The number of aromatic hydroxyl groups is 1. The molecular formula is C25H25FN6O5S. The number of imidazole rings is 1. The number of carbonyl (C=O) groups is 2. The standard InChI is InChI=1S/C25H25FN6O5S/c1-13-10-31(11-14(2)37-13)19(33)12-30-5-6-32-24(36)21(34)20(29-25(30)32)23-28-9-17(38-23)7-15-3-4-16(26)8-18(15)22(27)35/h3-6,8-9,13-14,34H,7,10-12H2,1-2H3,(H2,27,35)/t13-,14+. The van der Waals surface area contributed by atoms with Crippen LogP contribution < -0.4 is 11.3 Å². The zero-order valence-corrected chi connectivity index (χ0v) is 21.4. The van der Waals surface area contributed by atoms with Crippen molar-refractivity contribution in [2.45, 2.75) is 39.0 Å². The van der Waals surface area contributed by atoms with Gasteiger partial charge in [-0.3, -0.25) is 14.4 Å². The number of morpholine rings is 1. The van der Waals surface area contributed by atoms with Gasteiger partial charge in [0.05, 0.1) is 12.2 Å². The fraction of sp³-hybridized carbons (Fsp3) is 0.320. The lowest BCUT2D eigenvalue weighted by Crippen LogP contribution is -2.49. The topological polar surface area (TPSA) is 145 Å². The van der Waals surface area contributed by atoms with Crippen LogP contribution in [0.5, 0.6) is 5.75 Å². The van der Waals surface area contributed by atoms with E-state index in [4.69, 9.17) is 10.5 Å². The largest absolute Gasteiger partial charge is 0.501 e. The third kappa shape index (κ3) is 4.89. The van der Waals surface area contributed by atoms with Gasteiger partial charge < -0.3 is 25.0 Å². The molecule has 0 aliphatic carbocycles. The number of hydrogen-bond acceptors (Lipinski definition) is 8. The minimum absolute atomic E-state index is 0.0264. The summed E-state index contributed by atoms with van der Waals surface area (Å²) in [5.74, 6) is -1.87. The van der Waals surface area contributed by atoms with Gasteiger partial charge in [-0.2, -0.15) is 0 Å². The molecule has 1 fully saturated rings. The van der Waals surface area contributed by atoms with Crippen molar-refractivity contribution in [1.29, 1.82) is 0 Å². The van der Waals surface area contributed by atoms with Crippen LogP contribution in [0.3, 0.4) is 0 Å². The fourth-order valence-corrected chi connectivity index (χ4v) is 5.51. The van der Waals surface area contributed by atoms with Gasteiger partial charge in [0, 0.05) is 48.5 Å². The molecule has 13 heteroatoms. The molecule has 0 saturated carbocycles. The van der Waals surface area contributed by atoms with Crippen LogP contribution in [0.1, 0.15) is 34.6 Å². The van der Waals surface area contributed by atoms with Gasteiger partial charge in [-0.25, -0.2) is 18.8 Å². The van der Waals surface area contributed by atoms with Crippen LogP contribution in [0.15, 0.2) is 41.6 Å². The number of nitrogens with zero attached hydrogens (tertiary/aromatic N) is 5. The van der Waals surface area contributed by atoms with Gasteiger partial charge in [-0.05, 0) is 31.5 Å². The first-order valence-electron chi connectivity index (χ1n) is 11.9. The summed E-state index contributed by atoms with van der Waals surface area (Å²) in [4.78, 5) is 48.8. The molecule has 2 atom stereocenters. The van der Waals surface area contributed by atoms with E-state index in [1.165, 1.54) is 28.9 Å². The van der Waals surface area contributed by atoms with Gasteiger partial charge in [0.2, 0.25) is 23.3 Å². The van der Waals surface area contributed by atoms with E-state index in [9.17, 15) is 23.9 Å². The van der Waals surface area contributed by atoms with Gasteiger partial charge in [0.25, 0.3) is 0 Å². The molecule has 4 aromatic rings. The molecule has 1 saturated heterocycles. The van der Waals surface area contributed by atoms with Crippen molar-refractivity contribution in [1.82, 2.24) is 23.8 Å². The summed E-state index contributed by atoms with van der Waals surface area (Å²) in [6, 6.07) is 3.79. The quantitative estimate of drug-likeness (QED) is 0.379. The molecule has 1 aliphatic rings. The average molecular weight is 541 g/mol. The summed E-state index contributed by atoms with van der Waals surface area (Å²) in [5.41, 5.74) is 5.24. The first-order chi connectivity index (χ1) is 18.1. The highest BCUT2D eigenvalue weighted by Crippen LogP contribution is 2.30. The van der Waals surface area contributed by atoms with E-state index in [1.54, 1.807) is 15.7 Å². The van der Waals surface area contributed by atoms with Crippen LogP contribution in [0.2, 0.25) is 0 Å². The van der Waals surface area contributed by atoms with Crippen molar-refractivity contribution in [3.05, 3.63) is 69.0 Å². The van der Waals surface area contributed by atoms with E-state index < -0.39 is 23.0 Å². The van der Waals surface area contributed by atoms with Crippen molar-refractivity contribution in [2.75, 3.05) is 13.1 Å². The Balaban J connectivity index is 1.45. The number of aromatic nitrogens is 4. The van der Waals surface area contributed by atoms with E-state index in [0.29, 0.717) is 23.5 Å². The van der Waals surface area contributed by atoms with Gasteiger partial charge in [0.15, 0.2) is 5.69 Å². The number of benzene rings is 1. The Labute approximate surface area is 219 Å². The maximum Gasteiger partial charge on any atom is 0.302 e. The summed E-state index contributed by atoms with van der Waals surface area (Å²) >= 11 is 1.16. The Bertz CT molecular complexity index is 1600. The zero-order valence-electron chi connectivity index (χ0n) is 20.6. The normalized spacial score (nSPS) is 17.7. The molecule has 198 valence electrons. The van der Waals surface area contributed by atoms with E-state index in [-0.39, 0.29) is 53.1 Å². The molecule has 0 radical (unpaired) electrons. The molecule has 0 unspecified atom stereocenters. The molecule has 0 bridgehead atoms. The molecule has 0 spiro atoms. The van der Waals surface area contributed by atoms with Crippen molar-refractivity contribution in [2.24, 2.45) is 5.73 Å². The minimum Gasteiger partial charge on any atom is -0.501 e. The van der Waals surface area contributed by atoms with Crippen LogP contribution >= 0.6 is 11.3 Å². The Kier molecular flexibility index (Phi) is 6.71. The monoisotopic (exact) mass is 540 g/mol. The van der Waals surface area contributed by atoms with Crippen molar-refractivity contribution in [3.8, 4) is 16.5 Å². The molecule has 1 aromatic carbocycles. The van der Waals surface area contributed by atoms with Gasteiger partial charge in [0.1, 0.15) is 17.4 Å². The Morgan fingerprint density at radius 3 is 2.68 bits per heavy atom. The fourth-order valence-electron chi connectivity index (χ4n) is 4.58. The van der Waals surface area contributed by atoms with Crippen LogP contribution in [0.4, 0.5) is 4.39 Å². The molecule has 3 N–H and O–H groups in total. The summed E-state index contributed by atoms with van der Waals surface area (Å²) in [6.45, 7) is 4.70. The van der Waals surface area contributed by atoms with Crippen LogP contribution in [-0.2, 0) is 22.5 Å². The van der Waals surface area contributed by atoms with Crippen LogP contribution in [-0.4, -0.2) is 66.1 Å². The molecule has 1 aliphatic heterocycles.